The van der Waals surface area contributed by atoms with Gasteiger partial charge in [0, 0.05) is 86.7 Å². The van der Waals surface area contributed by atoms with Crippen molar-refractivity contribution in [2.24, 2.45) is 0 Å². The highest BCUT2D eigenvalue weighted by Gasteiger charge is 2.33. The van der Waals surface area contributed by atoms with Gasteiger partial charge in [0.25, 0.3) is 11.8 Å². The van der Waals surface area contributed by atoms with Crippen LogP contribution in [-0.2, 0) is 18.9 Å². The Bertz CT molecular complexity index is 3620. The molecule has 10 rings (SSSR count). The first-order valence-electron chi connectivity index (χ1n) is 25.4. The number of benzene rings is 4. The van der Waals surface area contributed by atoms with Crippen LogP contribution in [-0.4, -0.2) is 128 Å². The SMILES string of the molecule is Cc1ccc(NC(=O)c2cccc(C(F)(F)F)c2)cc1Nc1ncnc2c(NCc3ccc(NC(=O)c4cccc(C(F)(F)F)c4)cc3Nc3ncnc4c(N)nc(N(C)C)nc34)nc(N3CCN(C4CCN(C)CC4)CC3)nc12. The predicted octanol–water partition coefficient (Wildman–Crippen LogP) is 8.97. The highest BCUT2D eigenvalue weighted by atomic mass is 19.4. The molecule has 2 saturated heterocycles. The zero-order valence-corrected chi connectivity index (χ0v) is 43.7. The molecule has 4 aromatic heterocycles. The average molecular weight is 1100 g/mol. The Balaban J connectivity index is 0.997. The molecule has 2 fully saturated rings. The molecule has 0 aliphatic carbocycles. The van der Waals surface area contributed by atoms with E-state index >= 15 is 0 Å². The van der Waals surface area contributed by atoms with Crippen LogP contribution in [0, 0.1) is 6.92 Å². The normalized spacial score (nSPS) is 14.8. The number of halogens is 6. The fraction of sp³-hybridized carbons (Fsp3) is 0.296. The molecule has 0 radical (unpaired) electrons. The minimum Gasteiger partial charge on any atom is -0.382 e. The molecule has 2 aliphatic rings. The number of piperazine rings is 1. The molecule has 2 aliphatic heterocycles. The molecular weight excluding hydrogens is 1050 g/mol. The Morgan fingerprint density at radius 2 is 1.20 bits per heavy atom. The minimum atomic E-state index is -4.67. The first kappa shape index (κ1) is 54.3. The number of hydrogen-bond acceptors (Lipinski definition) is 18. The van der Waals surface area contributed by atoms with Crippen molar-refractivity contribution >= 4 is 91.8 Å². The number of carbonyl (C=O) groups is 2. The maximum atomic E-state index is 13.7. The number of nitrogens with one attached hydrogen (secondary N) is 5. The third kappa shape index (κ3) is 12.1. The third-order valence-corrected chi connectivity index (χ3v) is 13.9. The third-order valence-electron chi connectivity index (χ3n) is 13.9. The molecule has 6 heterocycles. The maximum absolute atomic E-state index is 13.7. The molecular formula is C54H54F6N18O2. The molecule has 26 heteroatoms. The van der Waals surface area contributed by atoms with Crippen molar-refractivity contribution in [2.75, 3.05) is 103 Å². The highest BCUT2D eigenvalue weighted by Crippen LogP contribution is 2.35. The van der Waals surface area contributed by atoms with E-state index in [1.807, 2.05) is 6.92 Å². The zero-order valence-electron chi connectivity index (χ0n) is 43.7. The Morgan fingerprint density at radius 3 is 1.80 bits per heavy atom. The first-order chi connectivity index (χ1) is 38.2. The number of carbonyl (C=O) groups excluding carboxylic acids is 2. The summed E-state index contributed by atoms with van der Waals surface area (Å²) in [7, 11) is 5.63. The van der Waals surface area contributed by atoms with Crippen molar-refractivity contribution in [3.8, 4) is 0 Å². The van der Waals surface area contributed by atoms with E-state index < -0.39 is 35.3 Å². The van der Waals surface area contributed by atoms with Crippen molar-refractivity contribution in [1.82, 2.24) is 49.7 Å². The summed E-state index contributed by atoms with van der Waals surface area (Å²) >= 11 is 0. The number of hydrogen-bond donors (Lipinski definition) is 6. The van der Waals surface area contributed by atoms with E-state index in [9.17, 15) is 35.9 Å². The van der Waals surface area contributed by atoms with Gasteiger partial charge in [-0.3, -0.25) is 14.5 Å². The molecule has 20 nitrogen and oxygen atoms in total. The second kappa shape index (κ2) is 22.4. The number of alkyl halides is 6. The number of piperidine rings is 1. The lowest BCUT2D eigenvalue weighted by Gasteiger charge is -2.42. The summed E-state index contributed by atoms with van der Waals surface area (Å²) in [6, 6.07) is 18.7. The van der Waals surface area contributed by atoms with Crippen LogP contribution in [0.3, 0.4) is 0 Å². The van der Waals surface area contributed by atoms with Crippen molar-refractivity contribution in [3.05, 3.63) is 131 Å². The quantitative estimate of drug-likeness (QED) is 0.0557. The fourth-order valence-electron chi connectivity index (χ4n) is 9.46. The van der Waals surface area contributed by atoms with Crippen molar-refractivity contribution in [3.63, 3.8) is 0 Å². The van der Waals surface area contributed by atoms with Gasteiger partial charge in [0.15, 0.2) is 23.3 Å². The molecule has 0 bridgehead atoms. The van der Waals surface area contributed by atoms with Gasteiger partial charge in [0.2, 0.25) is 11.9 Å². The standard InChI is InChI=1S/C54H54F6N18O2/c1-30-11-13-36(67-49(79)31-7-5-9-34(23-31)53(55,56)57)25-39(30)69-48-44-42(64-29-66-48)46(74-52(72-44)78-21-19-77(20-22-78)38-15-17-76(4)18-16-38)62-27-33-12-14-37(68-50(80)32-8-6-10-35(24-32)54(58,59)60)26-40(33)70-47-43-41(63-28-65-47)45(61)73-51(71-43)75(2)3/h5-14,23-26,28-29,38H,15-22,27H2,1-4H3,(H,67,79)(H,68,80)(H2,61,71,73)(H,62,72,74)(H,63,65,70)(H,64,66,69). The van der Waals surface area contributed by atoms with Crippen LogP contribution in [0.5, 0.6) is 0 Å². The summed E-state index contributed by atoms with van der Waals surface area (Å²) in [5.74, 6) is 0.0896. The Hall–Kier alpha value is -9.04. The van der Waals surface area contributed by atoms with Crippen LogP contribution in [0.4, 0.5) is 84.3 Å². The lowest BCUT2D eigenvalue weighted by molar-refractivity contribution is -0.138. The van der Waals surface area contributed by atoms with E-state index in [-0.39, 0.29) is 57.8 Å². The largest absolute Gasteiger partial charge is 0.416 e. The fourth-order valence-corrected chi connectivity index (χ4v) is 9.46. The molecule has 0 unspecified atom stereocenters. The number of amides is 2. The number of aryl methyl sites for hydroxylation is 1. The van der Waals surface area contributed by atoms with Gasteiger partial charge in [-0.25, -0.2) is 29.9 Å². The van der Waals surface area contributed by atoms with Crippen LogP contribution in [0.2, 0.25) is 0 Å². The number of rotatable bonds is 14. The van der Waals surface area contributed by atoms with E-state index in [2.05, 4.69) is 78.2 Å². The Labute approximate surface area is 454 Å². The number of nitrogens with two attached hydrogens (primary N) is 1. The monoisotopic (exact) mass is 1100 g/mol. The summed E-state index contributed by atoms with van der Waals surface area (Å²) in [5.41, 5.74) is 8.00. The van der Waals surface area contributed by atoms with E-state index in [1.54, 1.807) is 55.4 Å². The number of likely N-dealkylation sites (tertiary alicyclic amines) is 1. The van der Waals surface area contributed by atoms with Gasteiger partial charge < -0.3 is 47.0 Å². The molecule has 4 aromatic carbocycles. The lowest BCUT2D eigenvalue weighted by atomic mass is 10.0. The van der Waals surface area contributed by atoms with Gasteiger partial charge in [-0.1, -0.05) is 24.3 Å². The first-order valence-corrected chi connectivity index (χ1v) is 25.4. The number of aromatic nitrogens is 8. The number of nitrogen functional groups attached to an aromatic ring is 1. The van der Waals surface area contributed by atoms with Crippen molar-refractivity contribution in [1.29, 1.82) is 0 Å². The van der Waals surface area contributed by atoms with Gasteiger partial charge in [0.05, 0.1) is 11.1 Å². The topological polar surface area (TPSA) is 236 Å². The van der Waals surface area contributed by atoms with Crippen molar-refractivity contribution in [2.45, 2.75) is 44.7 Å². The summed E-state index contributed by atoms with van der Waals surface area (Å²) in [4.78, 5) is 72.7. The summed E-state index contributed by atoms with van der Waals surface area (Å²) in [6.45, 7) is 6.76. The van der Waals surface area contributed by atoms with E-state index in [4.69, 9.17) is 15.7 Å². The summed E-state index contributed by atoms with van der Waals surface area (Å²) in [6.07, 6.45) is -4.52. The molecule has 0 saturated carbocycles. The second-order valence-electron chi connectivity index (χ2n) is 19.6. The van der Waals surface area contributed by atoms with Crippen LogP contribution >= 0.6 is 0 Å². The zero-order chi connectivity index (χ0) is 56.5. The molecule has 8 aromatic rings. The predicted molar refractivity (Wildman–Crippen MR) is 294 cm³/mol. The molecule has 0 atom stereocenters. The van der Waals surface area contributed by atoms with E-state index in [1.165, 1.54) is 30.9 Å². The van der Waals surface area contributed by atoms with Crippen LogP contribution in [0.25, 0.3) is 22.1 Å². The minimum absolute atomic E-state index is 0.0578. The lowest BCUT2D eigenvalue weighted by Crippen LogP contribution is -2.53. The van der Waals surface area contributed by atoms with E-state index in [0.717, 1.165) is 74.9 Å². The van der Waals surface area contributed by atoms with Gasteiger partial charge in [-0.15, -0.1) is 0 Å². The molecule has 2 amide bonds. The summed E-state index contributed by atoms with van der Waals surface area (Å²) < 4.78 is 81.6. The smallest absolute Gasteiger partial charge is 0.382 e. The van der Waals surface area contributed by atoms with Crippen LogP contribution < -0.4 is 42.1 Å². The Kier molecular flexibility index (Phi) is 15.2. The maximum Gasteiger partial charge on any atom is 0.416 e. The number of fused-ring (bicyclic) bond motifs is 2. The van der Waals surface area contributed by atoms with Gasteiger partial charge in [-0.05, 0) is 112 Å². The molecule has 414 valence electrons. The summed E-state index contributed by atoms with van der Waals surface area (Å²) in [5, 5.41) is 15.6. The van der Waals surface area contributed by atoms with Crippen LogP contribution in [0.1, 0.15) is 55.8 Å². The van der Waals surface area contributed by atoms with Crippen molar-refractivity contribution < 1.29 is 35.9 Å². The number of anilines is 10. The van der Waals surface area contributed by atoms with Crippen LogP contribution in [0.15, 0.2) is 97.6 Å². The van der Waals surface area contributed by atoms with Gasteiger partial charge >= 0.3 is 12.4 Å². The average Bonchev–Trinajstić information content (AvgIpc) is 3.52. The number of nitrogens with zero attached hydrogens (tertiary/aromatic N) is 12. The van der Waals surface area contributed by atoms with Gasteiger partial charge in [0.1, 0.15) is 34.7 Å². The van der Waals surface area contributed by atoms with Gasteiger partial charge in [-0.2, -0.15) is 36.3 Å². The Morgan fingerprint density at radius 1 is 0.637 bits per heavy atom. The molecule has 7 N–H and O–H groups in total. The molecule has 80 heavy (non-hydrogen) atoms. The second-order valence-corrected chi connectivity index (χ2v) is 19.6. The molecule has 0 spiro atoms. The van der Waals surface area contributed by atoms with E-state index in [0.29, 0.717) is 64.6 Å². The highest BCUT2D eigenvalue weighted by molar-refractivity contribution is 6.06.